The van der Waals surface area contributed by atoms with Gasteiger partial charge in [0.15, 0.2) is 0 Å². The summed E-state index contributed by atoms with van der Waals surface area (Å²) in [5, 5.41) is 22.8. The van der Waals surface area contributed by atoms with Crippen LogP contribution in [0.15, 0.2) is 23.3 Å². The molecule has 0 spiro atoms. The second-order valence-corrected chi connectivity index (χ2v) is 13.1. The number of hydrogen-bond donors (Lipinski definition) is 2. The van der Waals surface area contributed by atoms with Crippen molar-refractivity contribution in [3.05, 3.63) is 23.3 Å². The van der Waals surface area contributed by atoms with E-state index in [0.717, 1.165) is 44.9 Å². The van der Waals surface area contributed by atoms with E-state index in [4.69, 9.17) is 0 Å². The third-order valence-corrected chi connectivity index (χ3v) is 11.1. The zero-order valence-electron chi connectivity index (χ0n) is 21.3. The van der Waals surface area contributed by atoms with E-state index in [-0.39, 0.29) is 22.3 Å². The Morgan fingerprint density at radius 2 is 1.74 bits per heavy atom. The zero-order valence-corrected chi connectivity index (χ0v) is 21.3. The molecule has 8 atom stereocenters. The first-order valence-electron chi connectivity index (χ1n) is 13.1. The Kier molecular flexibility index (Phi) is 5.87. The van der Waals surface area contributed by atoms with Crippen LogP contribution in [0.5, 0.6) is 0 Å². The van der Waals surface area contributed by atoms with Crippen molar-refractivity contribution in [3.63, 3.8) is 0 Å². The number of hydrogen-bond acceptors (Lipinski definition) is 2. The maximum atomic E-state index is 12.1. The van der Waals surface area contributed by atoms with Gasteiger partial charge < -0.3 is 10.2 Å². The molecule has 0 amide bonds. The summed E-state index contributed by atoms with van der Waals surface area (Å²) < 4.78 is 0. The van der Waals surface area contributed by atoms with Crippen LogP contribution in [-0.2, 0) is 0 Å². The molecule has 0 aromatic carbocycles. The molecule has 0 aromatic heterocycles. The molecule has 176 valence electrons. The predicted octanol–water partition coefficient (Wildman–Crippen LogP) is 7.06. The van der Waals surface area contributed by atoms with Crippen molar-refractivity contribution in [1.29, 1.82) is 0 Å². The summed E-state index contributed by atoms with van der Waals surface area (Å²) >= 11 is 0. The quantitative estimate of drug-likeness (QED) is 0.471. The minimum Gasteiger partial charge on any atom is -0.392 e. The molecule has 3 saturated carbocycles. The number of fused-ring (bicyclic) bond motifs is 5. The molecule has 0 unspecified atom stereocenters. The zero-order chi connectivity index (χ0) is 22.8. The van der Waals surface area contributed by atoms with Crippen LogP contribution < -0.4 is 0 Å². The van der Waals surface area contributed by atoms with Crippen molar-refractivity contribution in [2.45, 2.75) is 118 Å². The monoisotopic (exact) mass is 428 g/mol. The first kappa shape index (κ1) is 23.6. The third kappa shape index (κ3) is 3.33. The van der Waals surface area contributed by atoms with Crippen LogP contribution >= 0.6 is 0 Å². The fourth-order valence-electron chi connectivity index (χ4n) is 9.11. The molecule has 31 heavy (non-hydrogen) atoms. The molecule has 4 aliphatic carbocycles. The van der Waals surface area contributed by atoms with E-state index in [1.807, 2.05) is 0 Å². The van der Waals surface area contributed by atoms with E-state index in [9.17, 15) is 10.2 Å². The summed E-state index contributed by atoms with van der Waals surface area (Å²) in [6, 6.07) is 0. The molecule has 0 saturated heterocycles. The topological polar surface area (TPSA) is 40.5 Å². The first-order chi connectivity index (χ1) is 14.4. The van der Waals surface area contributed by atoms with Gasteiger partial charge >= 0.3 is 0 Å². The highest BCUT2D eigenvalue weighted by atomic mass is 16.3. The number of rotatable bonds is 4. The fraction of sp³-hybridized carbons (Fsp3) is 0.862. The molecule has 0 radical (unpaired) electrons. The Hall–Kier alpha value is -0.600. The summed E-state index contributed by atoms with van der Waals surface area (Å²) in [5.74, 6) is 2.38. The standard InChI is InChI=1S/C29H48O2/c1-19(2)9-8-10-20(3)29(31)18-14-23-21-11-12-24-26(4,5)25(30)15-16-27(24,6)22(21)13-17-28(23,29)7/h9,12,20-23,25,30-31H,8,10-11,13-18H2,1-7H3/t20-,21-,22+,23+,25+,27-,28+,29-/m1/s1. The predicted molar refractivity (Wildman–Crippen MR) is 130 cm³/mol. The molecule has 0 aliphatic heterocycles. The minimum absolute atomic E-state index is 0.0456. The summed E-state index contributed by atoms with van der Waals surface area (Å²) in [4.78, 5) is 0. The van der Waals surface area contributed by atoms with Gasteiger partial charge in [0, 0.05) is 5.41 Å². The van der Waals surface area contributed by atoms with E-state index in [0.29, 0.717) is 23.7 Å². The van der Waals surface area contributed by atoms with E-state index < -0.39 is 5.60 Å². The van der Waals surface area contributed by atoms with Crippen LogP contribution in [0.2, 0.25) is 0 Å². The molecule has 4 aliphatic rings. The van der Waals surface area contributed by atoms with Crippen LogP contribution in [0.1, 0.15) is 106 Å². The van der Waals surface area contributed by atoms with Crippen molar-refractivity contribution < 1.29 is 10.2 Å². The Morgan fingerprint density at radius 1 is 1.06 bits per heavy atom. The Bertz CT molecular complexity index is 759. The average Bonchev–Trinajstić information content (AvgIpc) is 2.97. The Morgan fingerprint density at radius 3 is 2.42 bits per heavy atom. The van der Waals surface area contributed by atoms with Gasteiger partial charge in [-0.3, -0.25) is 0 Å². The lowest BCUT2D eigenvalue weighted by molar-refractivity contribution is -0.153. The van der Waals surface area contributed by atoms with E-state index in [2.05, 4.69) is 60.6 Å². The molecule has 2 nitrogen and oxygen atoms in total. The lowest BCUT2D eigenvalue weighted by Crippen LogP contribution is -2.58. The van der Waals surface area contributed by atoms with Crippen LogP contribution in [-0.4, -0.2) is 21.9 Å². The maximum absolute atomic E-state index is 12.1. The van der Waals surface area contributed by atoms with Gasteiger partial charge in [0.25, 0.3) is 0 Å². The minimum atomic E-state index is -0.523. The summed E-state index contributed by atoms with van der Waals surface area (Å²) in [6.45, 7) is 16.1. The normalized spacial score (nSPS) is 46.9. The molecular weight excluding hydrogens is 380 g/mol. The molecule has 2 N–H and O–H groups in total. The Labute approximate surface area is 191 Å². The lowest BCUT2D eigenvalue weighted by Gasteiger charge is -2.62. The van der Waals surface area contributed by atoms with Crippen molar-refractivity contribution in [2.24, 2.45) is 39.9 Å². The second-order valence-electron chi connectivity index (χ2n) is 13.1. The van der Waals surface area contributed by atoms with Crippen LogP contribution in [0.4, 0.5) is 0 Å². The van der Waals surface area contributed by atoms with E-state index in [1.54, 1.807) is 0 Å². The van der Waals surface area contributed by atoms with Gasteiger partial charge in [-0.15, -0.1) is 0 Å². The van der Waals surface area contributed by atoms with Gasteiger partial charge in [0.05, 0.1) is 11.7 Å². The van der Waals surface area contributed by atoms with Gasteiger partial charge in [0.1, 0.15) is 0 Å². The summed E-state index contributed by atoms with van der Waals surface area (Å²) in [5.41, 5.74) is 2.56. The van der Waals surface area contributed by atoms with Gasteiger partial charge in [-0.1, -0.05) is 57.9 Å². The van der Waals surface area contributed by atoms with Crippen molar-refractivity contribution in [3.8, 4) is 0 Å². The van der Waals surface area contributed by atoms with E-state index >= 15 is 0 Å². The molecule has 0 bridgehead atoms. The second kappa shape index (κ2) is 7.73. The molecule has 4 rings (SSSR count). The highest BCUT2D eigenvalue weighted by Gasteiger charge is 2.65. The molecular formula is C29H48O2. The number of aliphatic hydroxyl groups is 2. The fourth-order valence-corrected chi connectivity index (χ4v) is 9.11. The lowest BCUT2D eigenvalue weighted by atomic mass is 9.44. The summed E-state index contributed by atoms with van der Waals surface area (Å²) in [6.07, 6.45) is 14.6. The molecule has 0 aromatic rings. The van der Waals surface area contributed by atoms with Crippen LogP contribution in [0.3, 0.4) is 0 Å². The number of aliphatic hydroxyl groups excluding tert-OH is 1. The van der Waals surface area contributed by atoms with Gasteiger partial charge in [-0.2, -0.15) is 0 Å². The number of allylic oxidation sites excluding steroid dienone is 3. The third-order valence-electron chi connectivity index (χ3n) is 11.1. The molecule has 3 fully saturated rings. The van der Waals surface area contributed by atoms with Gasteiger partial charge in [0.2, 0.25) is 0 Å². The highest BCUT2D eigenvalue weighted by molar-refractivity contribution is 5.31. The van der Waals surface area contributed by atoms with Gasteiger partial charge in [-0.25, -0.2) is 0 Å². The van der Waals surface area contributed by atoms with Crippen LogP contribution in [0.25, 0.3) is 0 Å². The van der Waals surface area contributed by atoms with Gasteiger partial charge in [-0.05, 0) is 106 Å². The summed E-state index contributed by atoms with van der Waals surface area (Å²) in [7, 11) is 0. The smallest absolute Gasteiger partial charge is 0.0729 e. The largest absolute Gasteiger partial charge is 0.392 e. The van der Waals surface area contributed by atoms with Crippen molar-refractivity contribution >= 4 is 0 Å². The first-order valence-corrected chi connectivity index (χ1v) is 13.1. The molecule has 0 heterocycles. The SMILES string of the molecule is CC(C)=CCC[C@@H](C)[C@]1(O)CC[C@H]2[C@@H]3CC=C4C(C)(C)[C@@H](O)CC[C@]4(C)[C@H]3CC[C@@]21C. The molecule has 2 heteroatoms. The van der Waals surface area contributed by atoms with E-state index in [1.165, 1.54) is 24.0 Å². The average molecular weight is 429 g/mol. The van der Waals surface area contributed by atoms with Crippen LogP contribution in [0, 0.1) is 39.9 Å². The Balaban J connectivity index is 1.60. The maximum Gasteiger partial charge on any atom is 0.0729 e. The van der Waals surface area contributed by atoms with Crippen molar-refractivity contribution in [2.75, 3.05) is 0 Å². The highest BCUT2D eigenvalue weighted by Crippen LogP contribution is 2.69. The van der Waals surface area contributed by atoms with Crippen molar-refractivity contribution in [1.82, 2.24) is 0 Å².